The lowest BCUT2D eigenvalue weighted by atomic mass is 10.1. The van der Waals surface area contributed by atoms with Gasteiger partial charge in [-0.05, 0) is 17.7 Å². The number of hydrogen-bond donors (Lipinski definition) is 0. The van der Waals surface area contributed by atoms with Crippen LogP contribution in [-0.2, 0) is 14.5 Å². The van der Waals surface area contributed by atoms with Crippen molar-refractivity contribution in [2.24, 2.45) is 0 Å². The standard InChI is InChI=1S/C14H14ClF3N2O3S/c1-3-20(4-2)24(21,22)23-13(14(16,17)18)12(9-19)10-5-7-11(15)8-6-10/h5-8H,3-4H2,1-2H3. The lowest BCUT2D eigenvalue weighted by Crippen LogP contribution is -2.34. The molecular weight excluding hydrogens is 369 g/mol. The average molecular weight is 383 g/mol. The molecule has 24 heavy (non-hydrogen) atoms. The Balaban J connectivity index is 3.50. The van der Waals surface area contributed by atoms with Gasteiger partial charge in [-0.3, -0.25) is 0 Å². The highest BCUT2D eigenvalue weighted by Gasteiger charge is 2.43. The first kappa shape index (κ1) is 20.3. The smallest absolute Gasteiger partial charge is 0.364 e. The number of rotatable bonds is 6. The predicted molar refractivity (Wildman–Crippen MR) is 83.0 cm³/mol. The summed E-state index contributed by atoms with van der Waals surface area (Å²) in [7, 11) is -4.70. The molecule has 0 saturated carbocycles. The van der Waals surface area contributed by atoms with Crippen LogP contribution in [0.5, 0.6) is 0 Å². The van der Waals surface area contributed by atoms with Crippen molar-refractivity contribution in [2.45, 2.75) is 20.0 Å². The summed E-state index contributed by atoms with van der Waals surface area (Å²) >= 11 is 5.66. The van der Waals surface area contributed by atoms with Crippen molar-refractivity contribution in [1.29, 1.82) is 5.26 Å². The predicted octanol–water partition coefficient (Wildman–Crippen LogP) is 3.74. The number of benzene rings is 1. The van der Waals surface area contributed by atoms with E-state index in [1.165, 1.54) is 44.2 Å². The summed E-state index contributed by atoms with van der Waals surface area (Å²) in [6.45, 7) is 2.75. The molecule has 132 valence electrons. The highest BCUT2D eigenvalue weighted by molar-refractivity contribution is 7.84. The summed E-state index contributed by atoms with van der Waals surface area (Å²) in [5.74, 6) is -1.89. The molecule has 1 aromatic carbocycles. The normalized spacial score (nSPS) is 13.4. The molecule has 0 unspecified atom stereocenters. The first-order chi connectivity index (χ1) is 11.1. The third-order valence-corrected chi connectivity index (χ3v) is 4.72. The van der Waals surface area contributed by atoms with Gasteiger partial charge in [0, 0.05) is 18.1 Å². The Morgan fingerprint density at radius 1 is 1.25 bits per heavy atom. The molecule has 0 heterocycles. The number of halogens is 4. The second-order valence-corrected chi connectivity index (χ2v) is 6.42. The van der Waals surface area contributed by atoms with Crippen molar-refractivity contribution in [3.8, 4) is 6.07 Å². The van der Waals surface area contributed by atoms with Gasteiger partial charge in [0.05, 0.1) is 0 Å². The van der Waals surface area contributed by atoms with E-state index in [0.717, 1.165) is 0 Å². The molecule has 0 spiro atoms. The molecule has 1 rings (SSSR count). The average Bonchev–Trinajstić information content (AvgIpc) is 2.48. The molecule has 0 fully saturated rings. The van der Waals surface area contributed by atoms with Gasteiger partial charge >= 0.3 is 16.5 Å². The van der Waals surface area contributed by atoms with Gasteiger partial charge in [-0.25, -0.2) is 0 Å². The molecule has 0 bridgehead atoms. The van der Waals surface area contributed by atoms with E-state index < -0.39 is 27.8 Å². The molecule has 0 aromatic heterocycles. The molecular formula is C14H14ClF3N2O3S. The van der Waals surface area contributed by atoms with E-state index in [2.05, 4.69) is 4.18 Å². The number of nitrogens with zero attached hydrogens (tertiary/aromatic N) is 2. The Morgan fingerprint density at radius 2 is 1.75 bits per heavy atom. The Kier molecular flexibility index (Phi) is 6.66. The monoisotopic (exact) mass is 382 g/mol. The third-order valence-electron chi connectivity index (χ3n) is 2.94. The molecule has 0 aliphatic rings. The number of alkyl halides is 3. The van der Waals surface area contributed by atoms with Crippen LogP contribution in [0, 0.1) is 11.3 Å². The van der Waals surface area contributed by atoms with E-state index in [4.69, 9.17) is 16.9 Å². The maximum absolute atomic E-state index is 13.3. The molecule has 10 heteroatoms. The fraction of sp³-hybridized carbons (Fsp3) is 0.357. The van der Waals surface area contributed by atoms with Gasteiger partial charge in [-0.15, -0.1) is 0 Å². The first-order valence-electron chi connectivity index (χ1n) is 6.73. The molecule has 0 aliphatic heterocycles. The lowest BCUT2D eigenvalue weighted by molar-refractivity contribution is -0.115. The van der Waals surface area contributed by atoms with Crippen molar-refractivity contribution in [2.75, 3.05) is 13.1 Å². The minimum Gasteiger partial charge on any atom is -0.364 e. The zero-order valence-electron chi connectivity index (χ0n) is 12.8. The van der Waals surface area contributed by atoms with Gasteiger partial charge in [0.1, 0.15) is 11.6 Å². The molecule has 0 aliphatic carbocycles. The van der Waals surface area contributed by atoms with Crippen molar-refractivity contribution >= 4 is 27.5 Å². The highest BCUT2D eigenvalue weighted by Crippen LogP contribution is 2.35. The van der Waals surface area contributed by atoms with Gasteiger partial charge in [0.2, 0.25) is 5.76 Å². The second-order valence-electron chi connectivity index (χ2n) is 4.45. The zero-order chi connectivity index (χ0) is 18.5. The Labute approximate surface area is 143 Å². The second kappa shape index (κ2) is 7.88. The number of hydrogen-bond acceptors (Lipinski definition) is 4. The van der Waals surface area contributed by atoms with Crippen LogP contribution in [0.2, 0.25) is 5.02 Å². The zero-order valence-corrected chi connectivity index (χ0v) is 14.3. The summed E-state index contributed by atoms with van der Waals surface area (Å²) in [4.78, 5) is 0. The SMILES string of the molecule is CCN(CC)S(=O)(=O)OC(=C(C#N)c1ccc(Cl)cc1)C(F)(F)F. The quantitative estimate of drug-likeness (QED) is 0.555. The minimum absolute atomic E-state index is 0.0766. The van der Waals surface area contributed by atoms with Crippen LogP contribution in [0.3, 0.4) is 0 Å². The third kappa shape index (κ3) is 4.87. The summed E-state index contributed by atoms with van der Waals surface area (Å²) in [5.41, 5.74) is -1.11. The molecule has 0 atom stereocenters. The summed E-state index contributed by atoms with van der Waals surface area (Å²) in [6.07, 6.45) is -5.18. The topological polar surface area (TPSA) is 70.4 Å². The van der Waals surface area contributed by atoms with Gasteiger partial charge in [0.15, 0.2) is 0 Å². The molecule has 5 nitrogen and oxygen atoms in total. The fourth-order valence-electron chi connectivity index (χ4n) is 1.79. The minimum atomic E-state index is -5.18. The maximum atomic E-state index is 13.3. The van der Waals surface area contributed by atoms with Gasteiger partial charge in [-0.1, -0.05) is 37.6 Å². The summed E-state index contributed by atoms with van der Waals surface area (Å²) in [6, 6.07) is 6.24. The van der Waals surface area contributed by atoms with Crippen LogP contribution in [0.1, 0.15) is 19.4 Å². The largest absolute Gasteiger partial charge is 0.452 e. The van der Waals surface area contributed by atoms with Crippen LogP contribution in [0.15, 0.2) is 30.0 Å². The van der Waals surface area contributed by atoms with Crippen LogP contribution in [-0.4, -0.2) is 32.0 Å². The van der Waals surface area contributed by atoms with E-state index in [-0.39, 0.29) is 23.7 Å². The Hall–Kier alpha value is -1.76. The molecule has 1 aromatic rings. The van der Waals surface area contributed by atoms with Crippen molar-refractivity contribution in [3.63, 3.8) is 0 Å². The summed E-state index contributed by atoms with van der Waals surface area (Å²) in [5, 5.41) is 9.35. The number of allylic oxidation sites excluding steroid dienone is 2. The molecule has 0 saturated heterocycles. The van der Waals surface area contributed by atoms with Crippen molar-refractivity contribution in [1.82, 2.24) is 4.31 Å². The van der Waals surface area contributed by atoms with Crippen molar-refractivity contribution in [3.05, 3.63) is 40.6 Å². The van der Waals surface area contributed by atoms with E-state index in [1.54, 1.807) is 0 Å². The van der Waals surface area contributed by atoms with Gasteiger partial charge < -0.3 is 4.18 Å². The van der Waals surface area contributed by atoms with Gasteiger partial charge in [-0.2, -0.15) is 31.2 Å². The number of nitriles is 1. The summed E-state index contributed by atoms with van der Waals surface area (Å²) < 4.78 is 68.8. The van der Waals surface area contributed by atoms with Gasteiger partial charge in [0.25, 0.3) is 0 Å². The van der Waals surface area contributed by atoms with Crippen molar-refractivity contribution < 1.29 is 25.8 Å². The lowest BCUT2D eigenvalue weighted by Gasteiger charge is -2.21. The highest BCUT2D eigenvalue weighted by atomic mass is 35.5. The molecule has 0 amide bonds. The van der Waals surface area contributed by atoms with E-state index in [9.17, 15) is 21.6 Å². The van der Waals surface area contributed by atoms with Crippen LogP contribution in [0.25, 0.3) is 5.57 Å². The fourth-order valence-corrected chi connectivity index (χ4v) is 3.04. The Bertz CT molecular complexity index is 749. The molecule has 0 N–H and O–H groups in total. The Morgan fingerprint density at radius 3 is 2.12 bits per heavy atom. The van der Waals surface area contributed by atoms with Crippen LogP contribution < -0.4 is 0 Å². The van der Waals surface area contributed by atoms with E-state index in [0.29, 0.717) is 4.31 Å². The van der Waals surface area contributed by atoms with E-state index >= 15 is 0 Å². The maximum Gasteiger partial charge on any atom is 0.452 e. The van der Waals surface area contributed by atoms with E-state index in [1.807, 2.05) is 0 Å². The van der Waals surface area contributed by atoms with Crippen LogP contribution >= 0.6 is 11.6 Å². The van der Waals surface area contributed by atoms with Crippen LogP contribution in [0.4, 0.5) is 13.2 Å². The molecule has 0 radical (unpaired) electrons. The first-order valence-corrected chi connectivity index (χ1v) is 8.48.